The Hall–Kier alpha value is -4.51. The molecule has 0 atom stereocenters. The lowest BCUT2D eigenvalue weighted by atomic mass is 10.1. The van der Waals surface area contributed by atoms with Crippen molar-refractivity contribution in [3.8, 4) is 5.75 Å². The van der Waals surface area contributed by atoms with Crippen LogP contribution in [0.3, 0.4) is 0 Å². The lowest BCUT2D eigenvalue weighted by Gasteiger charge is -2.08. The fourth-order valence-electron chi connectivity index (χ4n) is 3.07. The highest BCUT2D eigenvalue weighted by Crippen LogP contribution is 2.26. The number of anilines is 1. The molecule has 0 saturated heterocycles. The summed E-state index contributed by atoms with van der Waals surface area (Å²) in [6.45, 7) is 0.163. The highest BCUT2D eigenvalue weighted by molar-refractivity contribution is 6.13. The van der Waals surface area contributed by atoms with Gasteiger partial charge in [0.1, 0.15) is 35.8 Å². The highest BCUT2D eigenvalue weighted by Gasteiger charge is 2.19. The summed E-state index contributed by atoms with van der Waals surface area (Å²) in [5.41, 5.74) is 3.66. The predicted molar refractivity (Wildman–Crippen MR) is 117 cm³/mol. The number of hydrazine groups is 1. The molecule has 0 bridgehead atoms. The maximum Gasteiger partial charge on any atom is 0.259 e. The van der Waals surface area contributed by atoms with Crippen molar-refractivity contribution >= 4 is 28.4 Å². The summed E-state index contributed by atoms with van der Waals surface area (Å²) in [6, 6.07) is 11.9. The van der Waals surface area contributed by atoms with E-state index in [1.165, 1.54) is 24.5 Å². The van der Waals surface area contributed by atoms with Crippen LogP contribution in [0.25, 0.3) is 11.0 Å². The summed E-state index contributed by atoms with van der Waals surface area (Å²) in [5.74, 6) is 9.34. The van der Waals surface area contributed by atoms with Gasteiger partial charge in [-0.2, -0.15) is 5.10 Å². The summed E-state index contributed by atoms with van der Waals surface area (Å²) >= 11 is 0. The number of pyridine rings is 1. The van der Waals surface area contributed by atoms with E-state index in [2.05, 4.69) is 20.8 Å². The number of amides is 1. The standard InChI is InChI=1S/C22H18F2N6O3/c23-12-1-2-14(27-9-12)10-32-15-5-3-13(4-6-15)28-22(31)18-11-33-20-8-17(21(29-25)30-26)19(24)7-16(18)20/h1-9,11H,10,25-26H2,(H,28,31)(H,29,30). The lowest BCUT2D eigenvalue weighted by molar-refractivity contribution is 0.102. The number of nitrogens with zero attached hydrogens (tertiary/aromatic N) is 2. The van der Waals surface area contributed by atoms with Crippen LogP contribution in [0.4, 0.5) is 14.5 Å². The Balaban J connectivity index is 1.45. The van der Waals surface area contributed by atoms with Crippen molar-refractivity contribution in [1.29, 1.82) is 0 Å². The van der Waals surface area contributed by atoms with Crippen molar-refractivity contribution in [2.45, 2.75) is 6.61 Å². The van der Waals surface area contributed by atoms with E-state index in [9.17, 15) is 13.6 Å². The first-order valence-corrected chi connectivity index (χ1v) is 9.58. The number of rotatable bonds is 6. The Kier molecular flexibility index (Phi) is 6.13. The number of ether oxygens (including phenoxy) is 1. The molecule has 0 unspecified atom stereocenters. The summed E-state index contributed by atoms with van der Waals surface area (Å²) in [5, 5.41) is 6.36. The van der Waals surface area contributed by atoms with Gasteiger partial charge in [0.05, 0.1) is 23.0 Å². The molecule has 0 spiro atoms. The van der Waals surface area contributed by atoms with Gasteiger partial charge in [-0.25, -0.2) is 14.6 Å². The molecule has 0 aliphatic carbocycles. The van der Waals surface area contributed by atoms with E-state index >= 15 is 0 Å². The second kappa shape index (κ2) is 9.32. The third kappa shape index (κ3) is 4.72. The van der Waals surface area contributed by atoms with Crippen LogP contribution in [-0.2, 0) is 6.61 Å². The molecule has 11 heteroatoms. The zero-order valence-electron chi connectivity index (χ0n) is 17.0. The Morgan fingerprint density at radius 3 is 2.58 bits per heavy atom. The number of fused-ring (bicyclic) bond motifs is 1. The van der Waals surface area contributed by atoms with E-state index in [1.807, 2.05) is 0 Å². The molecular formula is C22H18F2N6O3. The van der Waals surface area contributed by atoms with Crippen LogP contribution in [0.15, 0.2) is 70.5 Å². The summed E-state index contributed by atoms with van der Waals surface area (Å²) in [6.07, 6.45) is 2.34. The molecule has 33 heavy (non-hydrogen) atoms. The molecule has 0 fully saturated rings. The third-order valence-corrected chi connectivity index (χ3v) is 4.72. The molecule has 6 N–H and O–H groups in total. The Morgan fingerprint density at radius 2 is 1.91 bits per heavy atom. The number of halogens is 2. The van der Waals surface area contributed by atoms with Crippen molar-refractivity contribution < 1.29 is 22.7 Å². The first kappa shape index (κ1) is 21.7. The molecule has 0 saturated carbocycles. The number of hydrogen-bond donors (Lipinski definition) is 4. The summed E-state index contributed by atoms with van der Waals surface area (Å²) < 4.78 is 38.4. The Bertz CT molecular complexity index is 1320. The number of amidine groups is 1. The van der Waals surface area contributed by atoms with Crippen LogP contribution in [0, 0.1) is 11.6 Å². The average Bonchev–Trinajstić information content (AvgIpc) is 3.23. The number of hydrazone groups is 1. The van der Waals surface area contributed by atoms with Crippen molar-refractivity contribution in [1.82, 2.24) is 10.4 Å². The van der Waals surface area contributed by atoms with Crippen LogP contribution in [0.5, 0.6) is 5.75 Å². The molecule has 9 nitrogen and oxygen atoms in total. The summed E-state index contributed by atoms with van der Waals surface area (Å²) in [7, 11) is 0. The van der Waals surface area contributed by atoms with Crippen LogP contribution in [0.1, 0.15) is 21.6 Å². The number of benzene rings is 2. The van der Waals surface area contributed by atoms with E-state index in [1.54, 1.807) is 24.3 Å². The number of aromatic nitrogens is 1. The van der Waals surface area contributed by atoms with Crippen molar-refractivity contribution in [3.63, 3.8) is 0 Å². The van der Waals surface area contributed by atoms with E-state index in [-0.39, 0.29) is 34.5 Å². The first-order chi connectivity index (χ1) is 16.0. The number of nitrogens with one attached hydrogen (secondary N) is 2. The van der Waals surface area contributed by atoms with Crippen LogP contribution < -0.4 is 27.2 Å². The van der Waals surface area contributed by atoms with Crippen molar-refractivity contribution in [2.24, 2.45) is 16.8 Å². The second-order valence-electron chi connectivity index (χ2n) is 6.83. The third-order valence-electron chi connectivity index (χ3n) is 4.72. The van der Waals surface area contributed by atoms with E-state index < -0.39 is 17.5 Å². The molecule has 4 aromatic rings. The van der Waals surface area contributed by atoms with Gasteiger partial charge in [0.25, 0.3) is 5.91 Å². The SMILES string of the molecule is N/N=C(\NN)c1cc2occ(C(=O)Nc3ccc(OCc4ccc(F)cn4)cc3)c2cc1F. The molecule has 2 aromatic heterocycles. The number of hydrogen-bond acceptors (Lipinski definition) is 7. The molecular weight excluding hydrogens is 434 g/mol. The van der Waals surface area contributed by atoms with Gasteiger partial charge in [-0.05, 0) is 48.5 Å². The van der Waals surface area contributed by atoms with Gasteiger partial charge in [0.2, 0.25) is 0 Å². The van der Waals surface area contributed by atoms with Gasteiger partial charge in [-0.1, -0.05) is 0 Å². The zero-order valence-corrected chi connectivity index (χ0v) is 17.0. The highest BCUT2D eigenvalue weighted by atomic mass is 19.1. The molecule has 2 heterocycles. The minimum atomic E-state index is -0.683. The number of carbonyl (C=O) groups excluding carboxylic acids is 1. The normalized spacial score (nSPS) is 11.4. The molecule has 0 aliphatic rings. The predicted octanol–water partition coefficient (Wildman–Crippen LogP) is 3.02. The van der Waals surface area contributed by atoms with Gasteiger partial charge in [0.15, 0.2) is 5.84 Å². The van der Waals surface area contributed by atoms with Gasteiger partial charge >= 0.3 is 0 Å². The van der Waals surface area contributed by atoms with E-state index in [0.717, 1.165) is 12.3 Å². The van der Waals surface area contributed by atoms with Crippen LogP contribution in [-0.4, -0.2) is 16.7 Å². The quantitative estimate of drug-likeness (QED) is 0.153. The average molecular weight is 452 g/mol. The second-order valence-corrected chi connectivity index (χ2v) is 6.83. The van der Waals surface area contributed by atoms with Gasteiger partial charge < -0.3 is 25.7 Å². The Morgan fingerprint density at radius 1 is 1.12 bits per heavy atom. The summed E-state index contributed by atoms with van der Waals surface area (Å²) in [4.78, 5) is 16.6. The monoisotopic (exact) mass is 452 g/mol. The zero-order chi connectivity index (χ0) is 23.4. The topological polar surface area (TPSA) is 141 Å². The fraction of sp³-hybridized carbons (Fsp3) is 0.0455. The molecule has 0 radical (unpaired) electrons. The fourth-order valence-corrected chi connectivity index (χ4v) is 3.07. The molecule has 168 valence electrons. The maximum atomic E-state index is 14.5. The van der Waals surface area contributed by atoms with E-state index in [4.69, 9.17) is 20.8 Å². The largest absolute Gasteiger partial charge is 0.487 e. The van der Waals surface area contributed by atoms with Gasteiger partial charge in [0, 0.05) is 11.1 Å². The molecule has 0 aliphatic heterocycles. The maximum absolute atomic E-state index is 14.5. The molecule has 2 aromatic carbocycles. The number of nitrogens with two attached hydrogens (primary N) is 2. The van der Waals surface area contributed by atoms with Gasteiger partial charge in [-0.3, -0.25) is 9.78 Å². The van der Waals surface area contributed by atoms with Crippen molar-refractivity contribution in [3.05, 3.63) is 89.4 Å². The Labute approximate surface area is 186 Å². The lowest BCUT2D eigenvalue weighted by Crippen LogP contribution is -2.32. The molecule has 4 rings (SSSR count). The van der Waals surface area contributed by atoms with Gasteiger partial charge in [-0.15, -0.1) is 0 Å². The first-order valence-electron chi connectivity index (χ1n) is 9.58. The van der Waals surface area contributed by atoms with Crippen LogP contribution in [0.2, 0.25) is 0 Å². The smallest absolute Gasteiger partial charge is 0.259 e. The van der Waals surface area contributed by atoms with E-state index in [0.29, 0.717) is 17.1 Å². The minimum absolute atomic E-state index is 0.000217. The number of furan rings is 1. The minimum Gasteiger partial charge on any atom is -0.487 e. The molecule has 1 amide bonds. The van der Waals surface area contributed by atoms with Crippen LogP contribution >= 0.6 is 0 Å². The number of carbonyl (C=O) groups is 1. The van der Waals surface area contributed by atoms with Crippen molar-refractivity contribution in [2.75, 3.05) is 5.32 Å².